The molecule has 8 heteroatoms. The molecule has 1 heterocycles. The number of piperazine rings is 1. The number of nitrogens with zero attached hydrogens (tertiary/aromatic N) is 2. The molecular weight excluding hydrogens is 294 g/mol. The summed E-state index contributed by atoms with van der Waals surface area (Å²) in [4.78, 5) is 13.1. The Bertz CT molecular complexity index is 617. The fourth-order valence-electron chi connectivity index (χ4n) is 2.31. The molecule has 1 amide bonds. The smallest absolute Gasteiger partial charge is 0.409 e. The number of rotatable bonds is 2. The van der Waals surface area contributed by atoms with Gasteiger partial charge >= 0.3 is 6.09 Å². The number of aryl methyl sites for hydroxylation is 1. The Morgan fingerprint density at radius 2 is 1.81 bits per heavy atom. The van der Waals surface area contributed by atoms with Crippen molar-refractivity contribution in [1.82, 2.24) is 9.21 Å². The third kappa shape index (κ3) is 3.27. The van der Waals surface area contributed by atoms with Crippen LogP contribution >= 0.6 is 0 Å². The van der Waals surface area contributed by atoms with Gasteiger partial charge in [-0.3, -0.25) is 0 Å². The van der Waals surface area contributed by atoms with Crippen LogP contribution < -0.4 is 5.73 Å². The van der Waals surface area contributed by atoms with Crippen molar-refractivity contribution >= 4 is 21.8 Å². The Kier molecular flexibility index (Phi) is 4.38. The maximum atomic E-state index is 12.6. The van der Waals surface area contributed by atoms with Gasteiger partial charge in [-0.25, -0.2) is 13.2 Å². The number of carbonyl (C=O) groups is 1. The fourth-order valence-corrected chi connectivity index (χ4v) is 3.88. The minimum absolute atomic E-state index is 0.187. The summed E-state index contributed by atoms with van der Waals surface area (Å²) < 4.78 is 31.1. The van der Waals surface area contributed by atoms with E-state index < -0.39 is 16.1 Å². The number of hydrogen-bond acceptors (Lipinski definition) is 5. The Morgan fingerprint density at radius 1 is 1.19 bits per heavy atom. The summed E-state index contributed by atoms with van der Waals surface area (Å²) in [6.45, 7) is 2.90. The number of carbonyl (C=O) groups excluding carboxylic acids is 1. The Labute approximate surface area is 124 Å². The molecule has 0 atom stereocenters. The first-order valence-electron chi connectivity index (χ1n) is 6.55. The van der Waals surface area contributed by atoms with Crippen molar-refractivity contribution in [3.8, 4) is 0 Å². The predicted molar refractivity (Wildman–Crippen MR) is 78.3 cm³/mol. The summed E-state index contributed by atoms with van der Waals surface area (Å²) >= 11 is 0. The molecule has 0 spiro atoms. The normalized spacial score (nSPS) is 16.8. The van der Waals surface area contributed by atoms with Gasteiger partial charge in [0.15, 0.2) is 0 Å². The van der Waals surface area contributed by atoms with Crippen LogP contribution in [0.1, 0.15) is 5.56 Å². The molecule has 1 aliphatic rings. The maximum absolute atomic E-state index is 12.6. The van der Waals surface area contributed by atoms with Gasteiger partial charge in [-0.15, -0.1) is 0 Å². The van der Waals surface area contributed by atoms with Crippen molar-refractivity contribution in [3.05, 3.63) is 23.8 Å². The second-order valence-electron chi connectivity index (χ2n) is 4.94. The average Bonchev–Trinajstić information content (AvgIpc) is 2.45. The van der Waals surface area contributed by atoms with Crippen LogP contribution in [-0.4, -0.2) is 57.0 Å². The van der Waals surface area contributed by atoms with Gasteiger partial charge in [-0.2, -0.15) is 4.31 Å². The van der Waals surface area contributed by atoms with E-state index in [1.165, 1.54) is 22.4 Å². The van der Waals surface area contributed by atoms with Crippen molar-refractivity contribution in [2.45, 2.75) is 11.8 Å². The van der Waals surface area contributed by atoms with Crippen LogP contribution in [0, 0.1) is 6.92 Å². The third-order valence-corrected chi connectivity index (χ3v) is 5.26. The number of methoxy groups -OCH3 is 1. The Morgan fingerprint density at radius 3 is 2.33 bits per heavy atom. The molecular formula is C13H19N3O4S. The van der Waals surface area contributed by atoms with Crippen molar-refractivity contribution in [2.24, 2.45) is 0 Å². The minimum Gasteiger partial charge on any atom is -0.453 e. The lowest BCUT2D eigenvalue weighted by Crippen LogP contribution is -2.50. The van der Waals surface area contributed by atoms with Gasteiger partial charge in [0, 0.05) is 31.9 Å². The number of nitrogen functional groups attached to an aromatic ring is 1. The van der Waals surface area contributed by atoms with Crippen molar-refractivity contribution < 1.29 is 17.9 Å². The largest absolute Gasteiger partial charge is 0.453 e. The summed E-state index contributed by atoms with van der Waals surface area (Å²) in [6, 6.07) is 4.77. The molecule has 0 radical (unpaired) electrons. The first-order chi connectivity index (χ1) is 9.84. The van der Waals surface area contributed by atoms with E-state index in [4.69, 9.17) is 5.73 Å². The van der Waals surface area contributed by atoms with E-state index in [9.17, 15) is 13.2 Å². The molecule has 116 valence electrons. The van der Waals surface area contributed by atoms with E-state index >= 15 is 0 Å². The van der Waals surface area contributed by atoms with Gasteiger partial charge in [0.05, 0.1) is 12.0 Å². The zero-order valence-corrected chi connectivity index (χ0v) is 12.9. The van der Waals surface area contributed by atoms with E-state index in [-0.39, 0.29) is 18.0 Å². The SMILES string of the molecule is COC(=O)N1CCN(S(=O)(=O)c2cc(C)cc(N)c2)CC1. The van der Waals surface area contributed by atoms with E-state index in [1.807, 2.05) is 0 Å². The summed E-state index contributed by atoms with van der Waals surface area (Å²) in [6.07, 6.45) is -0.438. The molecule has 0 unspecified atom stereocenters. The zero-order valence-electron chi connectivity index (χ0n) is 12.1. The van der Waals surface area contributed by atoms with Crippen LogP contribution in [0.3, 0.4) is 0 Å². The van der Waals surface area contributed by atoms with Crippen LogP contribution in [0.25, 0.3) is 0 Å². The zero-order chi connectivity index (χ0) is 15.6. The second-order valence-corrected chi connectivity index (χ2v) is 6.88. The molecule has 1 fully saturated rings. The van der Waals surface area contributed by atoms with E-state index in [0.29, 0.717) is 18.8 Å². The standard InChI is InChI=1S/C13H19N3O4S/c1-10-7-11(14)9-12(8-10)21(18,19)16-5-3-15(4-6-16)13(17)20-2/h7-9H,3-6,14H2,1-2H3. The van der Waals surface area contributed by atoms with Gasteiger partial charge in [-0.1, -0.05) is 0 Å². The Balaban J connectivity index is 2.16. The third-order valence-electron chi connectivity index (χ3n) is 3.38. The molecule has 1 saturated heterocycles. The molecule has 1 aromatic rings. The van der Waals surface area contributed by atoms with E-state index in [1.54, 1.807) is 19.1 Å². The molecule has 0 aromatic heterocycles. The van der Waals surface area contributed by atoms with Crippen molar-refractivity contribution in [2.75, 3.05) is 39.0 Å². The predicted octanol–water partition coefficient (Wildman–Crippen LogP) is 0.650. The highest BCUT2D eigenvalue weighted by atomic mass is 32.2. The van der Waals surface area contributed by atoms with Gasteiger partial charge < -0.3 is 15.4 Å². The molecule has 7 nitrogen and oxygen atoms in total. The van der Waals surface area contributed by atoms with Gasteiger partial charge in [0.25, 0.3) is 0 Å². The van der Waals surface area contributed by atoms with E-state index in [2.05, 4.69) is 4.74 Å². The topological polar surface area (TPSA) is 92.9 Å². The number of benzene rings is 1. The number of nitrogens with two attached hydrogens (primary N) is 1. The first kappa shape index (κ1) is 15.6. The number of amides is 1. The van der Waals surface area contributed by atoms with Crippen LogP contribution in [0.5, 0.6) is 0 Å². The molecule has 0 aliphatic carbocycles. The van der Waals surface area contributed by atoms with Gasteiger partial charge in [0.1, 0.15) is 0 Å². The molecule has 1 aliphatic heterocycles. The summed E-state index contributed by atoms with van der Waals surface area (Å²) in [7, 11) is -2.28. The first-order valence-corrected chi connectivity index (χ1v) is 7.99. The summed E-state index contributed by atoms with van der Waals surface area (Å²) in [5.74, 6) is 0. The van der Waals surface area contributed by atoms with Crippen LogP contribution in [0.15, 0.2) is 23.1 Å². The van der Waals surface area contributed by atoms with Crippen LogP contribution in [0.4, 0.5) is 10.5 Å². The highest BCUT2D eigenvalue weighted by Gasteiger charge is 2.30. The Hall–Kier alpha value is -1.80. The van der Waals surface area contributed by atoms with Crippen molar-refractivity contribution in [1.29, 1.82) is 0 Å². The molecule has 0 saturated carbocycles. The lowest BCUT2D eigenvalue weighted by molar-refractivity contribution is 0.108. The number of ether oxygens (including phenoxy) is 1. The van der Waals surface area contributed by atoms with Gasteiger partial charge in [0.2, 0.25) is 10.0 Å². The number of sulfonamides is 1. The molecule has 1 aromatic carbocycles. The molecule has 0 bridgehead atoms. The van der Waals surface area contributed by atoms with Crippen molar-refractivity contribution in [3.63, 3.8) is 0 Å². The molecule has 2 rings (SSSR count). The average molecular weight is 313 g/mol. The lowest BCUT2D eigenvalue weighted by Gasteiger charge is -2.33. The fraction of sp³-hybridized carbons (Fsp3) is 0.462. The number of hydrogen-bond donors (Lipinski definition) is 1. The van der Waals surface area contributed by atoms with Crippen LogP contribution in [0.2, 0.25) is 0 Å². The summed E-state index contributed by atoms with van der Waals surface area (Å²) in [5, 5.41) is 0. The quantitative estimate of drug-likeness (QED) is 0.809. The molecule has 2 N–H and O–H groups in total. The number of anilines is 1. The van der Waals surface area contributed by atoms with E-state index in [0.717, 1.165) is 5.56 Å². The lowest BCUT2D eigenvalue weighted by atomic mass is 10.2. The van der Waals surface area contributed by atoms with Gasteiger partial charge in [-0.05, 0) is 30.7 Å². The highest BCUT2D eigenvalue weighted by Crippen LogP contribution is 2.21. The minimum atomic E-state index is -3.59. The van der Waals surface area contributed by atoms with Crippen LogP contribution in [-0.2, 0) is 14.8 Å². The monoisotopic (exact) mass is 313 g/mol. The summed E-state index contributed by atoms with van der Waals surface area (Å²) in [5.41, 5.74) is 6.92. The second kappa shape index (κ2) is 5.90. The molecule has 21 heavy (non-hydrogen) atoms. The highest BCUT2D eigenvalue weighted by molar-refractivity contribution is 7.89. The maximum Gasteiger partial charge on any atom is 0.409 e.